The van der Waals surface area contributed by atoms with Crippen molar-refractivity contribution in [2.24, 2.45) is 0 Å². The molecule has 0 radical (unpaired) electrons. The lowest BCUT2D eigenvalue weighted by Crippen LogP contribution is -2.23. The van der Waals surface area contributed by atoms with Gasteiger partial charge in [-0.1, -0.05) is 158 Å². The van der Waals surface area contributed by atoms with Gasteiger partial charge in [0.1, 0.15) is 0 Å². The summed E-state index contributed by atoms with van der Waals surface area (Å²) in [6.45, 7) is 0. The first-order chi connectivity index (χ1) is 38.7. The topological polar surface area (TPSA) is 16.2 Å². The van der Waals surface area contributed by atoms with Crippen LogP contribution in [-0.2, 0) is 0 Å². The van der Waals surface area contributed by atoms with Crippen molar-refractivity contribution in [1.82, 2.24) is 0 Å². The molecule has 12 aromatic carbocycles. The highest BCUT2D eigenvalue weighted by molar-refractivity contribution is 7.25. The van der Waals surface area contributed by atoms with Crippen LogP contribution in [0.25, 0.3) is 42.4 Å². The maximum atomic E-state index is 2.40. The second-order valence-electron chi connectivity index (χ2n) is 19.8. The second kappa shape index (κ2) is 18.9. The van der Waals surface area contributed by atoms with Crippen LogP contribution in [0.1, 0.15) is 0 Å². The first-order valence-electron chi connectivity index (χ1n) is 26.5. The Labute approximate surface area is 458 Å². The minimum Gasteiger partial charge on any atom is -0.310 e. The number of para-hydroxylation sites is 10. The monoisotopic (exact) mass is 1020 g/mol. The van der Waals surface area contributed by atoms with E-state index in [1.165, 1.54) is 20.2 Å². The van der Waals surface area contributed by atoms with Gasteiger partial charge in [0.2, 0.25) is 0 Å². The molecule has 0 atom stereocenters. The molecule has 5 nitrogen and oxygen atoms in total. The molecule has 368 valence electrons. The molecule has 78 heavy (non-hydrogen) atoms. The Kier molecular flexibility index (Phi) is 11.0. The predicted molar refractivity (Wildman–Crippen MR) is 331 cm³/mol. The first-order valence-corrected chi connectivity index (χ1v) is 27.3. The van der Waals surface area contributed by atoms with Gasteiger partial charge >= 0.3 is 0 Å². The summed E-state index contributed by atoms with van der Waals surface area (Å²) in [6, 6.07) is 108. The van der Waals surface area contributed by atoms with Crippen molar-refractivity contribution < 1.29 is 0 Å². The summed E-state index contributed by atoms with van der Waals surface area (Å²) in [7, 11) is 0. The highest BCUT2D eigenvalue weighted by Gasteiger charge is 2.32. The molecule has 0 spiro atoms. The lowest BCUT2D eigenvalue weighted by Gasteiger charge is -2.40. The van der Waals surface area contributed by atoms with Crippen LogP contribution in [0.4, 0.5) is 85.3 Å². The highest BCUT2D eigenvalue weighted by atomic mass is 32.1. The second-order valence-corrected chi connectivity index (χ2v) is 20.9. The molecule has 0 N–H and O–H groups in total. The van der Waals surface area contributed by atoms with Crippen molar-refractivity contribution in [2.75, 3.05) is 24.5 Å². The van der Waals surface area contributed by atoms with Crippen LogP contribution in [0.3, 0.4) is 0 Å². The number of hydrogen-bond acceptors (Lipinski definition) is 6. The van der Waals surface area contributed by atoms with E-state index in [2.05, 4.69) is 322 Å². The fourth-order valence-corrected chi connectivity index (χ4v) is 12.9. The Morgan fingerprint density at radius 2 is 0.551 bits per heavy atom. The Hall–Kier alpha value is -10.1. The van der Waals surface area contributed by atoms with Gasteiger partial charge in [0, 0.05) is 60.0 Å². The van der Waals surface area contributed by atoms with Crippen LogP contribution in [0.2, 0.25) is 0 Å². The maximum absolute atomic E-state index is 2.40. The summed E-state index contributed by atoms with van der Waals surface area (Å²) in [5.74, 6) is 0. The summed E-state index contributed by atoms with van der Waals surface area (Å²) in [6.07, 6.45) is 0. The van der Waals surface area contributed by atoms with Gasteiger partial charge in [-0.15, -0.1) is 11.3 Å². The number of hydrogen-bond donors (Lipinski definition) is 0. The summed E-state index contributed by atoms with van der Waals surface area (Å²) in [5, 5.41) is 2.58. The molecule has 0 fully saturated rings. The van der Waals surface area contributed by atoms with Crippen LogP contribution in [-0.4, -0.2) is 0 Å². The number of thiophene rings is 1. The van der Waals surface area contributed by atoms with E-state index in [-0.39, 0.29) is 0 Å². The molecule has 2 aliphatic rings. The van der Waals surface area contributed by atoms with Gasteiger partial charge in [0.15, 0.2) is 0 Å². The van der Waals surface area contributed by atoms with Crippen LogP contribution >= 0.6 is 11.3 Å². The van der Waals surface area contributed by atoms with Crippen molar-refractivity contribution in [1.29, 1.82) is 0 Å². The van der Waals surface area contributed by atoms with E-state index in [4.69, 9.17) is 0 Å². The fraction of sp³-hybridized carbons (Fsp3) is 0. The zero-order chi connectivity index (χ0) is 51.5. The van der Waals surface area contributed by atoms with E-state index in [9.17, 15) is 0 Å². The molecule has 0 unspecified atom stereocenters. The van der Waals surface area contributed by atoms with E-state index in [0.717, 1.165) is 108 Å². The predicted octanol–water partition coefficient (Wildman–Crippen LogP) is 21.4. The number of anilines is 15. The van der Waals surface area contributed by atoms with Gasteiger partial charge in [0.05, 0.1) is 45.5 Å². The number of nitrogens with zero attached hydrogens (tertiary/aromatic N) is 5. The molecule has 6 heteroatoms. The van der Waals surface area contributed by atoms with Crippen molar-refractivity contribution in [3.05, 3.63) is 297 Å². The molecule has 0 saturated carbocycles. The Morgan fingerprint density at radius 3 is 0.974 bits per heavy atom. The zero-order valence-electron chi connectivity index (χ0n) is 42.4. The molecule has 0 amide bonds. The molecule has 3 heterocycles. The van der Waals surface area contributed by atoms with Crippen LogP contribution in [0, 0.1) is 0 Å². The molecule has 0 aliphatic carbocycles. The van der Waals surface area contributed by atoms with E-state index in [0.29, 0.717) is 0 Å². The number of benzene rings is 12. The lowest BCUT2D eigenvalue weighted by molar-refractivity contribution is 1.17. The number of rotatable bonds is 9. The van der Waals surface area contributed by atoms with Gasteiger partial charge in [0.25, 0.3) is 0 Å². The average molecular weight is 1020 g/mol. The van der Waals surface area contributed by atoms with Gasteiger partial charge in [-0.3, -0.25) is 0 Å². The largest absolute Gasteiger partial charge is 0.310 e. The first kappa shape index (κ1) is 45.3. The lowest BCUT2D eigenvalue weighted by atomic mass is 10.0. The van der Waals surface area contributed by atoms with Crippen LogP contribution < -0.4 is 24.5 Å². The smallest absolute Gasteiger partial charge is 0.0703 e. The summed E-state index contributed by atoms with van der Waals surface area (Å²) >= 11 is 1.85. The van der Waals surface area contributed by atoms with E-state index >= 15 is 0 Å². The van der Waals surface area contributed by atoms with Crippen molar-refractivity contribution in [2.45, 2.75) is 0 Å². The summed E-state index contributed by atoms with van der Waals surface area (Å²) < 4.78 is 2.56. The molecule has 1 aromatic heterocycles. The fourth-order valence-electron chi connectivity index (χ4n) is 11.7. The molecule has 2 aliphatic heterocycles. The SMILES string of the molecule is c1ccc(N2c3ccccc3N(c3cccc(-c4ccc(N(c5ccc(-c6cccc(N7c8ccccc8N(c8ccccc8)c8ccccc87)c6)cc5)c5ccc6c(c5)sc5ccccc56)cc4)c3)c3ccccc32)cc1. The quantitative estimate of drug-likeness (QED) is 0.143. The maximum Gasteiger partial charge on any atom is 0.0703 e. The van der Waals surface area contributed by atoms with Gasteiger partial charge in [-0.05, 0) is 162 Å². The Bertz CT molecular complexity index is 4040. The van der Waals surface area contributed by atoms with E-state index < -0.39 is 0 Å². The molecule has 0 saturated heterocycles. The summed E-state index contributed by atoms with van der Waals surface area (Å²) in [5.41, 5.74) is 21.4. The van der Waals surface area contributed by atoms with Gasteiger partial charge in [-0.2, -0.15) is 0 Å². The minimum atomic E-state index is 1.08. The van der Waals surface area contributed by atoms with Crippen molar-refractivity contribution in [3.8, 4) is 22.3 Å². The Balaban J connectivity index is 0.782. The van der Waals surface area contributed by atoms with Crippen molar-refractivity contribution >= 4 is 117 Å². The van der Waals surface area contributed by atoms with Gasteiger partial charge < -0.3 is 24.5 Å². The zero-order valence-corrected chi connectivity index (χ0v) is 43.3. The molecule has 15 rings (SSSR count). The van der Waals surface area contributed by atoms with Crippen LogP contribution in [0.5, 0.6) is 0 Å². The summed E-state index contributed by atoms with van der Waals surface area (Å²) in [4.78, 5) is 11.9. The minimum absolute atomic E-state index is 1.08. The van der Waals surface area contributed by atoms with Crippen molar-refractivity contribution in [3.63, 3.8) is 0 Å². The van der Waals surface area contributed by atoms with Crippen LogP contribution in [0.15, 0.2) is 297 Å². The van der Waals surface area contributed by atoms with E-state index in [1.54, 1.807) is 0 Å². The highest BCUT2D eigenvalue weighted by Crippen LogP contribution is 2.56. The molecular formula is C72H49N5S. The molecule has 0 bridgehead atoms. The third kappa shape index (κ3) is 7.69. The molecular weight excluding hydrogens is 967 g/mol. The number of fused-ring (bicyclic) bond motifs is 7. The third-order valence-electron chi connectivity index (χ3n) is 15.2. The molecule has 13 aromatic rings. The third-order valence-corrected chi connectivity index (χ3v) is 16.4. The van der Waals surface area contributed by atoms with E-state index in [1.807, 2.05) is 11.3 Å². The standard InChI is InChI=1S/C72H49N5S/c1-3-21-54(22-4-1)74-63-28-8-12-32-67(63)76(68-33-13-9-29-64(68)74)58-25-17-19-52(47-58)50-37-41-56(42-38-50)73(60-45-46-62-61-27-7-16-36-71(61)78-72(62)49-60)57-43-39-51(40-44-57)53-20-18-26-59(48-53)77-69-34-14-10-30-65(69)75(55-23-5-2-6-24-55)66-31-11-15-35-70(66)77/h1-49H. The Morgan fingerprint density at radius 1 is 0.218 bits per heavy atom. The normalized spacial score (nSPS) is 12.5. The average Bonchev–Trinajstić information content (AvgIpc) is 4.03. The van der Waals surface area contributed by atoms with Gasteiger partial charge in [-0.25, -0.2) is 0 Å².